The zero-order valence-electron chi connectivity index (χ0n) is 13.0. The van der Waals surface area contributed by atoms with Crippen molar-refractivity contribution in [2.45, 2.75) is 24.9 Å². The summed E-state index contributed by atoms with van der Waals surface area (Å²) in [4.78, 5) is 36.1. The second-order valence-electron chi connectivity index (χ2n) is 5.37. The summed E-state index contributed by atoms with van der Waals surface area (Å²) in [5, 5.41) is 20.4. The molecule has 1 rings (SSSR count). The molecule has 1 aromatic rings. The number of carbonyl (C=O) groups excluding carboxylic acids is 2. The number of phenols is 1. The van der Waals surface area contributed by atoms with Crippen LogP contribution < -0.4 is 11.1 Å². The maximum atomic E-state index is 12.2. The molecule has 0 unspecified atom stereocenters. The maximum Gasteiger partial charge on any atom is 0.305 e. The van der Waals surface area contributed by atoms with Crippen LogP contribution in [-0.4, -0.2) is 59.1 Å². The van der Waals surface area contributed by atoms with Crippen molar-refractivity contribution in [3.05, 3.63) is 29.8 Å². The summed E-state index contributed by atoms with van der Waals surface area (Å²) < 4.78 is 0. The molecule has 0 heterocycles. The van der Waals surface area contributed by atoms with E-state index in [4.69, 9.17) is 10.8 Å². The molecule has 5 N–H and O–H groups in total. The number of carboxylic acid groups (broad SMARTS) is 1. The topological polar surface area (TPSA) is 133 Å². The minimum absolute atomic E-state index is 0.0942. The Kier molecular flexibility index (Phi) is 6.52. The highest BCUT2D eigenvalue weighted by Gasteiger charge is 2.26. The van der Waals surface area contributed by atoms with E-state index in [9.17, 15) is 19.5 Å². The van der Waals surface area contributed by atoms with Crippen molar-refractivity contribution in [1.82, 2.24) is 10.2 Å². The van der Waals surface area contributed by atoms with Gasteiger partial charge in [-0.2, -0.15) is 0 Å². The average molecular weight is 323 g/mol. The van der Waals surface area contributed by atoms with Gasteiger partial charge in [0.2, 0.25) is 11.8 Å². The molecule has 0 bridgehead atoms. The first-order valence-electron chi connectivity index (χ1n) is 6.97. The third-order valence-corrected chi connectivity index (χ3v) is 3.16. The molecule has 0 fully saturated rings. The van der Waals surface area contributed by atoms with Crippen molar-refractivity contribution < 1.29 is 24.6 Å². The van der Waals surface area contributed by atoms with Crippen LogP contribution in [-0.2, 0) is 20.8 Å². The Labute approximate surface area is 133 Å². The molecule has 0 saturated heterocycles. The second-order valence-corrected chi connectivity index (χ2v) is 5.37. The van der Waals surface area contributed by atoms with Crippen LogP contribution >= 0.6 is 0 Å². The van der Waals surface area contributed by atoms with Crippen molar-refractivity contribution in [2.75, 3.05) is 14.1 Å². The number of amides is 2. The fourth-order valence-corrected chi connectivity index (χ4v) is 1.94. The first-order chi connectivity index (χ1) is 10.7. The van der Waals surface area contributed by atoms with E-state index < -0.39 is 30.4 Å². The lowest BCUT2D eigenvalue weighted by atomic mass is 10.0. The molecule has 23 heavy (non-hydrogen) atoms. The minimum Gasteiger partial charge on any atom is -0.508 e. The Hall–Kier alpha value is -2.61. The van der Waals surface area contributed by atoms with E-state index in [0.717, 1.165) is 5.56 Å². The molecule has 8 nitrogen and oxygen atoms in total. The summed E-state index contributed by atoms with van der Waals surface area (Å²) in [5.41, 5.74) is 6.24. The van der Waals surface area contributed by atoms with Gasteiger partial charge in [-0.05, 0) is 17.7 Å². The summed E-state index contributed by atoms with van der Waals surface area (Å²) in [6, 6.07) is 4.12. The third kappa shape index (κ3) is 5.95. The number of aromatic hydroxyl groups is 1. The molecule has 2 atom stereocenters. The van der Waals surface area contributed by atoms with Crippen LogP contribution in [0.5, 0.6) is 5.75 Å². The van der Waals surface area contributed by atoms with Gasteiger partial charge in [-0.15, -0.1) is 0 Å². The van der Waals surface area contributed by atoms with E-state index in [1.54, 1.807) is 26.2 Å². The van der Waals surface area contributed by atoms with E-state index in [-0.39, 0.29) is 18.1 Å². The predicted molar refractivity (Wildman–Crippen MR) is 82.7 cm³/mol. The first-order valence-corrected chi connectivity index (χ1v) is 6.97. The Morgan fingerprint density at radius 1 is 1.22 bits per heavy atom. The Morgan fingerprint density at radius 2 is 1.78 bits per heavy atom. The molecule has 8 heteroatoms. The lowest BCUT2D eigenvalue weighted by Gasteiger charge is -2.23. The minimum atomic E-state index is -1.23. The van der Waals surface area contributed by atoms with E-state index >= 15 is 0 Å². The van der Waals surface area contributed by atoms with Gasteiger partial charge in [0.25, 0.3) is 0 Å². The van der Waals surface area contributed by atoms with Crippen LogP contribution in [0.15, 0.2) is 24.3 Å². The summed E-state index contributed by atoms with van der Waals surface area (Å²) in [6.07, 6.45) is -0.323. The monoisotopic (exact) mass is 323 g/mol. The molecule has 0 spiro atoms. The molecule has 0 aromatic heterocycles. The van der Waals surface area contributed by atoms with Gasteiger partial charge >= 0.3 is 5.97 Å². The number of nitrogens with two attached hydrogens (primary N) is 1. The quantitative estimate of drug-likeness (QED) is 0.525. The SMILES string of the molecule is CN(C)C(=O)[C@H](Cc1ccc(O)cc1)NC(=O)[C@@H](N)CC(=O)O. The molecular formula is C15H21N3O5. The van der Waals surface area contributed by atoms with Crippen molar-refractivity contribution in [2.24, 2.45) is 5.73 Å². The number of nitrogens with zero attached hydrogens (tertiary/aromatic N) is 1. The van der Waals surface area contributed by atoms with Gasteiger partial charge in [0, 0.05) is 20.5 Å². The number of likely N-dealkylation sites (N-methyl/N-ethyl adjacent to an activating group) is 1. The van der Waals surface area contributed by atoms with Crippen molar-refractivity contribution >= 4 is 17.8 Å². The molecule has 0 aliphatic heterocycles. The second kappa shape index (κ2) is 8.14. The van der Waals surface area contributed by atoms with Gasteiger partial charge in [0.1, 0.15) is 11.8 Å². The normalized spacial score (nSPS) is 13.0. The average Bonchev–Trinajstić information content (AvgIpc) is 2.47. The van der Waals surface area contributed by atoms with E-state index in [0.29, 0.717) is 0 Å². The van der Waals surface area contributed by atoms with E-state index in [1.165, 1.54) is 17.0 Å². The number of hydrogen-bond acceptors (Lipinski definition) is 5. The standard InChI is InChI=1S/C15H21N3O5/c1-18(2)15(23)12(7-9-3-5-10(19)6-4-9)17-14(22)11(16)8-13(20)21/h3-6,11-12,19H,7-8,16H2,1-2H3,(H,17,22)(H,20,21)/t11-,12-/m0/s1. The summed E-state index contributed by atoms with van der Waals surface area (Å²) in [7, 11) is 3.10. The van der Waals surface area contributed by atoms with Crippen LogP contribution in [0.1, 0.15) is 12.0 Å². The van der Waals surface area contributed by atoms with Gasteiger partial charge in [-0.1, -0.05) is 12.1 Å². The smallest absolute Gasteiger partial charge is 0.305 e. The van der Waals surface area contributed by atoms with E-state index in [1.807, 2.05) is 0 Å². The highest BCUT2D eigenvalue weighted by Crippen LogP contribution is 2.12. The molecule has 1 aromatic carbocycles. The number of nitrogens with one attached hydrogen (secondary N) is 1. The lowest BCUT2D eigenvalue weighted by molar-refractivity contribution is -0.140. The lowest BCUT2D eigenvalue weighted by Crippen LogP contribution is -2.52. The molecule has 0 aliphatic rings. The number of phenolic OH excluding ortho intramolecular Hbond substituents is 1. The first kappa shape index (κ1) is 18.4. The summed E-state index contributed by atoms with van der Waals surface area (Å²) >= 11 is 0. The zero-order valence-corrected chi connectivity index (χ0v) is 13.0. The number of hydrogen-bond donors (Lipinski definition) is 4. The van der Waals surface area contributed by atoms with Gasteiger partial charge in [0.15, 0.2) is 0 Å². The number of aliphatic carboxylic acids is 1. The van der Waals surface area contributed by atoms with Gasteiger partial charge in [0.05, 0.1) is 12.5 Å². The highest BCUT2D eigenvalue weighted by molar-refractivity contribution is 5.91. The van der Waals surface area contributed by atoms with Crippen molar-refractivity contribution in [3.63, 3.8) is 0 Å². The fourth-order valence-electron chi connectivity index (χ4n) is 1.94. The van der Waals surface area contributed by atoms with Crippen LogP contribution in [0, 0.1) is 0 Å². The van der Waals surface area contributed by atoms with Crippen LogP contribution in [0.25, 0.3) is 0 Å². The van der Waals surface area contributed by atoms with Crippen LogP contribution in [0.2, 0.25) is 0 Å². The van der Waals surface area contributed by atoms with Crippen LogP contribution in [0.3, 0.4) is 0 Å². The zero-order chi connectivity index (χ0) is 17.6. The fraction of sp³-hybridized carbons (Fsp3) is 0.400. The number of carboxylic acids is 1. The van der Waals surface area contributed by atoms with Gasteiger partial charge < -0.3 is 26.2 Å². The number of rotatable bonds is 7. The van der Waals surface area contributed by atoms with Crippen molar-refractivity contribution in [3.8, 4) is 5.75 Å². The van der Waals surface area contributed by atoms with Gasteiger partial charge in [-0.3, -0.25) is 14.4 Å². The Bertz CT molecular complexity index is 571. The summed E-state index contributed by atoms with van der Waals surface area (Å²) in [6.45, 7) is 0. The molecule has 2 amide bonds. The van der Waals surface area contributed by atoms with E-state index in [2.05, 4.69) is 5.32 Å². The molecular weight excluding hydrogens is 302 g/mol. The van der Waals surface area contributed by atoms with Gasteiger partial charge in [-0.25, -0.2) is 0 Å². The maximum absolute atomic E-state index is 12.2. The molecule has 0 aliphatic carbocycles. The number of carbonyl (C=O) groups is 3. The largest absolute Gasteiger partial charge is 0.508 e. The third-order valence-electron chi connectivity index (χ3n) is 3.16. The number of benzene rings is 1. The highest BCUT2D eigenvalue weighted by atomic mass is 16.4. The molecule has 126 valence electrons. The molecule has 0 saturated carbocycles. The Balaban J connectivity index is 2.84. The van der Waals surface area contributed by atoms with Crippen molar-refractivity contribution in [1.29, 1.82) is 0 Å². The Morgan fingerprint density at radius 3 is 2.26 bits per heavy atom. The predicted octanol–water partition coefficient (Wildman–Crippen LogP) is -0.690. The summed E-state index contributed by atoms with van der Waals surface area (Å²) in [5.74, 6) is -2.14. The molecule has 0 radical (unpaired) electrons. The van der Waals surface area contributed by atoms with Crippen LogP contribution in [0.4, 0.5) is 0 Å².